The van der Waals surface area contributed by atoms with Gasteiger partial charge in [0.25, 0.3) is 20.9 Å². The van der Waals surface area contributed by atoms with Crippen molar-refractivity contribution in [2.24, 2.45) is 0 Å². The van der Waals surface area contributed by atoms with Crippen LogP contribution in [0.15, 0.2) is 93.4 Å². The number of aryl methyl sites for hydroxylation is 1. The second-order valence-corrected chi connectivity index (χ2v) is 10.6. The van der Waals surface area contributed by atoms with E-state index in [-0.39, 0.29) is 39.9 Å². The van der Waals surface area contributed by atoms with Crippen LogP contribution in [0.1, 0.15) is 11.5 Å². The number of nitrogens with one attached hydrogen (secondary N) is 1. The van der Waals surface area contributed by atoms with Gasteiger partial charge >= 0.3 is 0 Å². The molecule has 1 aromatic heterocycles. The van der Waals surface area contributed by atoms with Crippen molar-refractivity contribution in [1.29, 1.82) is 0 Å². The number of nitro groups is 1. The van der Waals surface area contributed by atoms with Crippen molar-refractivity contribution in [2.75, 3.05) is 15.4 Å². The Morgan fingerprint density at radius 2 is 1.70 bits per heavy atom. The second kappa shape index (κ2) is 11.2. The SMILES string of the molecule is Cc1ccc(S(=O)(=O)N(Cc2nnc(SCC(=O)Nc3ccc([N+](=O)[O-])cc3)o2)c2ccccc2)cc1. The normalized spacial score (nSPS) is 11.2. The third-order valence-electron chi connectivity index (χ3n) is 5.07. The maximum absolute atomic E-state index is 13.4. The third kappa shape index (κ3) is 6.51. The topological polar surface area (TPSA) is 149 Å². The minimum atomic E-state index is -3.94. The molecule has 0 bridgehead atoms. The van der Waals surface area contributed by atoms with E-state index in [0.717, 1.165) is 17.3 Å². The Morgan fingerprint density at radius 1 is 1.03 bits per heavy atom. The van der Waals surface area contributed by atoms with Crippen LogP contribution < -0.4 is 9.62 Å². The van der Waals surface area contributed by atoms with Crippen LogP contribution >= 0.6 is 11.8 Å². The number of anilines is 2. The molecule has 11 nitrogen and oxygen atoms in total. The van der Waals surface area contributed by atoms with Crippen molar-refractivity contribution in [3.05, 3.63) is 100 Å². The molecule has 37 heavy (non-hydrogen) atoms. The first-order valence-corrected chi connectivity index (χ1v) is 13.3. The van der Waals surface area contributed by atoms with E-state index in [9.17, 15) is 23.3 Å². The Kier molecular flexibility index (Phi) is 7.84. The first kappa shape index (κ1) is 25.9. The number of nitrogens with zero attached hydrogens (tertiary/aromatic N) is 4. The number of carbonyl (C=O) groups is 1. The molecule has 0 aliphatic carbocycles. The molecule has 0 aliphatic heterocycles. The largest absolute Gasteiger partial charge is 0.414 e. The number of rotatable bonds is 10. The minimum absolute atomic E-state index is 0.0535. The first-order chi connectivity index (χ1) is 17.7. The van der Waals surface area contributed by atoms with Gasteiger partial charge in [-0.2, -0.15) is 0 Å². The second-order valence-electron chi connectivity index (χ2n) is 7.76. The Balaban J connectivity index is 1.44. The zero-order valence-corrected chi connectivity index (χ0v) is 21.1. The van der Waals surface area contributed by atoms with E-state index in [1.54, 1.807) is 54.6 Å². The van der Waals surface area contributed by atoms with Gasteiger partial charge in [-0.3, -0.25) is 19.2 Å². The van der Waals surface area contributed by atoms with Crippen LogP contribution in [0.5, 0.6) is 0 Å². The number of non-ortho nitro benzene ring substituents is 1. The average molecular weight is 540 g/mol. The summed E-state index contributed by atoms with van der Waals surface area (Å²) in [4.78, 5) is 22.6. The van der Waals surface area contributed by atoms with Crippen LogP contribution in [0.25, 0.3) is 0 Å². The van der Waals surface area contributed by atoms with Crippen LogP contribution in [0.3, 0.4) is 0 Å². The van der Waals surface area contributed by atoms with Gasteiger partial charge in [0, 0.05) is 17.8 Å². The van der Waals surface area contributed by atoms with E-state index in [2.05, 4.69) is 15.5 Å². The van der Waals surface area contributed by atoms with Crippen LogP contribution in [-0.4, -0.2) is 35.2 Å². The van der Waals surface area contributed by atoms with Crippen LogP contribution in [0, 0.1) is 17.0 Å². The molecule has 0 saturated heterocycles. The quantitative estimate of drug-likeness (QED) is 0.176. The molecular weight excluding hydrogens is 518 g/mol. The predicted octanol–water partition coefficient (Wildman–Crippen LogP) is 4.41. The third-order valence-corrected chi connectivity index (χ3v) is 7.68. The van der Waals surface area contributed by atoms with Crippen molar-refractivity contribution in [3.8, 4) is 0 Å². The van der Waals surface area contributed by atoms with Crippen LogP contribution in [-0.2, 0) is 21.4 Å². The molecular formula is C24H21N5O6S2. The molecule has 3 aromatic carbocycles. The maximum Gasteiger partial charge on any atom is 0.277 e. The number of hydrogen-bond donors (Lipinski definition) is 1. The van der Waals surface area contributed by atoms with Crippen molar-refractivity contribution in [2.45, 2.75) is 23.6 Å². The number of sulfonamides is 1. The van der Waals surface area contributed by atoms with Gasteiger partial charge in [0.15, 0.2) is 0 Å². The Bertz CT molecular complexity index is 1490. The van der Waals surface area contributed by atoms with Crippen molar-refractivity contribution in [1.82, 2.24) is 10.2 Å². The lowest BCUT2D eigenvalue weighted by Gasteiger charge is -2.23. The highest BCUT2D eigenvalue weighted by Gasteiger charge is 2.27. The molecule has 1 N–H and O–H groups in total. The van der Waals surface area contributed by atoms with Gasteiger partial charge in [-0.25, -0.2) is 8.42 Å². The molecule has 1 heterocycles. The monoisotopic (exact) mass is 539 g/mol. The minimum Gasteiger partial charge on any atom is -0.414 e. The molecule has 0 fully saturated rings. The van der Waals surface area contributed by atoms with E-state index in [1.807, 2.05) is 6.92 Å². The first-order valence-electron chi connectivity index (χ1n) is 10.9. The summed E-state index contributed by atoms with van der Waals surface area (Å²) < 4.78 is 33.7. The molecule has 0 spiro atoms. The van der Waals surface area contributed by atoms with E-state index in [4.69, 9.17) is 4.42 Å². The smallest absolute Gasteiger partial charge is 0.277 e. The lowest BCUT2D eigenvalue weighted by Crippen LogP contribution is -2.30. The van der Waals surface area contributed by atoms with Crippen molar-refractivity contribution >= 4 is 44.8 Å². The lowest BCUT2D eigenvalue weighted by atomic mass is 10.2. The van der Waals surface area contributed by atoms with Crippen LogP contribution in [0.4, 0.5) is 17.1 Å². The maximum atomic E-state index is 13.4. The molecule has 4 rings (SSSR count). The summed E-state index contributed by atoms with van der Waals surface area (Å²) in [5.74, 6) is -0.396. The average Bonchev–Trinajstić information content (AvgIpc) is 3.35. The number of carbonyl (C=O) groups excluding carboxylic acids is 1. The summed E-state index contributed by atoms with van der Waals surface area (Å²) in [5, 5.41) is 21.3. The molecule has 190 valence electrons. The Hall–Kier alpha value is -4.23. The summed E-state index contributed by atoms with van der Waals surface area (Å²) in [6.45, 7) is 1.66. The van der Waals surface area contributed by atoms with Gasteiger partial charge in [0.2, 0.25) is 11.8 Å². The summed E-state index contributed by atoms with van der Waals surface area (Å²) in [6.07, 6.45) is 0. The summed E-state index contributed by atoms with van der Waals surface area (Å²) >= 11 is 0.977. The number of nitro benzene ring substituents is 1. The van der Waals surface area contributed by atoms with Crippen LogP contribution in [0.2, 0.25) is 0 Å². The number of para-hydroxylation sites is 1. The number of thioether (sulfide) groups is 1. The highest BCUT2D eigenvalue weighted by atomic mass is 32.2. The molecule has 0 saturated carbocycles. The number of amides is 1. The van der Waals surface area contributed by atoms with E-state index in [1.165, 1.54) is 28.6 Å². The summed E-state index contributed by atoms with van der Waals surface area (Å²) in [5.41, 5.74) is 1.68. The van der Waals surface area contributed by atoms with Gasteiger partial charge in [-0.15, -0.1) is 10.2 Å². The van der Waals surface area contributed by atoms with E-state index < -0.39 is 14.9 Å². The molecule has 4 aromatic rings. The fraction of sp³-hybridized carbons (Fsp3) is 0.125. The van der Waals surface area contributed by atoms with Crippen molar-refractivity contribution < 1.29 is 22.6 Å². The number of hydrogen-bond acceptors (Lipinski definition) is 9. The highest BCUT2D eigenvalue weighted by Crippen LogP contribution is 2.27. The van der Waals surface area contributed by atoms with E-state index in [0.29, 0.717) is 11.4 Å². The van der Waals surface area contributed by atoms with Gasteiger partial charge in [0.1, 0.15) is 6.54 Å². The highest BCUT2D eigenvalue weighted by molar-refractivity contribution is 7.99. The fourth-order valence-corrected chi connectivity index (χ4v) is 5.22. The Morgan fingerprint density at radius 3 is 2.35 bits per heavy atom. The Labute approximate surface area is 216 Å². The standard InChI is InChI=1S/C24H21N5O6S2/c1-17-7-13-21(14-8-17)37(33,34)28(19-5-3-2-4-6-19)15-23-26-27-24(35-23)36-16-22(30)25-18-9-11-20(12-10-18)29(31)32/h2-14H,15-16H2,1H3,(H,25,30). The zero-order chi connectivity index (χ0) is 26.4. The summed E-state index contributed by atoms with van der Waals surface area (Å²) in [7, 11) is -3.94. The molecule has 13 heteroatoms. The van der Waals surface area contributed by atoms with Gasteiger partial charge in [-0.05, 0) is 43.3 Å². The predicted molar refractivity (Wildman–Crippen MR) is 138 cm³/mol. The van der Waals surface area contributed by atoms with Gasteiger partial charge < -0.3 is 9.73 Å². The number of benzene rings is 3. The molecule has 0 atom stereocenters. The fourth-order valence-electron chi connectivity index (χ4n) is 3.22. The number of aromatic nitrogens is 2. The molecule has 0 radical (unpaired) electrons. The van der Waals surface area contributed by atoms with Gasteiger partial charge in [0.05, 0.1) is 21.3 Å². The van der Waals surface area contributed by atoms with Crippen molar-refractivity contribution in [3.63, 3.8) is 0 Å². The van der Waals surface area contributed by atoms with Gasteiger partial charge in [-0.1, -0.05) is 47.7 Å². The molecule has 0 aliphatic rings. The summed E-state index contributed by atoms with van der Waals surface area (Å²) in [6, 6.07) is 20.5. The van der Waals surface area contributed by atoms with E-state index >= 15 is 0 Å². The zero-order valence-electron chi connectivity index (χ0n) is 19.5. The molecule has 1 amide bonds. The molecule has 0 unspecified atom stereocenters. The lowest BCUT2D eigenvalue weighted by molar-refractivity contribution is -0.384.